The van der Waals surface area contributed by atoms with Gasteiger partial charge < -0.3 is 0 Å². The number of aryl methyl sites for hydroxylation is 2. The molecule has 1 aromatic heterocycles. The Morgan fingerprint density at radius 3 is 2.44 bits per heavy atom. The zero-order valence-corrected chi connectivity index (χ0v) is 6.24. The highest BCUT2D eigenvalue weighted by molar-refractivity contribution is 6.29. The Labute approximate surface area is 59.7 Å². The first-order valence-corrected chi connectivity index (χ1v) is 3.17. The average molecular weight is 144 g/mol. The number of hydrogen-bond acceptors (Lipinski definition) is 1. The first-order chi connectivity index (χ1) is 4.18. The summed E-state index contributed by atoms with van der Waals surface area (Å²) in [6.07, 6.45) is 0. The molecule has 2 heteroatoms. The molecule has 0 unspecified atom stereocenters. The zero-order chi connectivity index (χ0) is 6.85. The van der Waals surface area contributed by atoms with Gasteiger partial charge in [0.1, 0.15) is 5.15 Å². The van der Waals surface area contributed by atoms with Crippen LogP contribution in [0.3, 0.4) is 0 Å². The fourth-order valence-electron chi connectivity index (χ4n) is 0.792. The number of aromatic nitrogens is 1. The Hall–Kier alpha value is -0.560. The zero-order valence-electron chi connectivity index (χ0n) is 5.48. The molecule has 0 aliphatic carbocycles. The molecule has 0 radical (unpaired) electrons. The van der Waals surface area contributed by atoms with Crippen molar-refractivity contribution >= 4 is 11.6 Å². The lowest BCUT2D eigenvalue weighted by molar-refractivity contribution is 1.18. The van der Waals surface area contributed by atoms with Gasteiger partial charge in [0.2, 0.25) is 0 Å². The summed E-state index contributed by atoms with van der Waals surface area (Å²) in [5.74, 6) is 0. The summed E-state index contributed by atoms with van der Waals surface area (Å²) in [7, 11) is 0. The van der Waals surface area contributed by atoms with Crippen molar-refractivity contribution in [3.05, 3.63) is 28.5 Å². The van der Waals surface area contributed by atoms with Gasteiger partial charge in [0.25, 0.3) is 0 Å². The molecule has 0 spiro atoms. The Bertz CT molecular complexity index is 170. The number of rotatable bonds is 0. The van der Waals surface area contributed by atoms with Gasteiger partial charge in [0, 0.05) is 5.69 Å². The SMILES string of the molecule is Cc1cc(C)[15n][13c](Cl)c1. The Balaban J connectivity index is 3.17. The predicted octanol–water partition coefficient (Wildman–Crippen LogP) is 2.35. The van der Waals surface area contributed by atoms with E-state index in [0.717, 1.165) is 11.3 Å². The maximum atomic E-state index is 5.64. The van der Waals surface area contributed by atoms with Crippen molar-refractivity contribution in [1.29, 1.82) is 0 Å². The third-order valence-electron chi connectivity index (χ3n) is 1.07. The summed E-state index contributed by atoms with van der Waals surface area (Å²) in [4.78, 5) is 4.00. The lowest BCUT2D eigenvalue weighted by atomic mass is 10.3. The van der Waals surface area contributed by atoms with Crippen molar-refractivity contribution in [2.45, 2.75) is 13.8 Å². The highest BCUT2D eigenvalue weighted by atomic mass is 35.5. The molecule has 1 rings (SSSR count). The Morgan fingerprint density at radius 1 is 1.33 bits per heavy atom. The van der Waals surface area contributed by atoms with Gasteiger partial charge >= 0.3 is 0 Å². The second-order valence-electron chi connectivity index (χ2n) is 2.11. The third kappa shape index (κ3) is 1.68. The van der Waals surface area contributed by atoms with E-state index in [-0.39, 0.29) is 0 Å². The van der Waals surface area contributed by atoms with Crippen LogP contribution >= 0.6 is 11.6 Å². The molecule has 1 heterocycles. The van der Waals surface area contributed by atoms with E-state index in [1.54, 1.807) is 0 Å². The van der Waals surface area contributed by atoms with Crippen molar-refractivity contribution < 1.29 is 0 Å². The lowest BCUT2D eigenvalue weighted by Gasteiger charge is -1.94. The smallest absolute Gasteiger partial charge is 0.129 e. The van der Waals surface area contributed by atoms with Crippen molar-refractivity contribution in [3.8, 4) is 0 Å². The monoisotopic (exact) mass is 143 g/mol. The van der Waals surface area contributed by atoms with Crippen LogP contribution in [0, 0.1) is 13.8 Å². The number of pyridine rings is 1. The fraction of sp³-hybridized carbons (Fsp3) is 0.286. The first-order valence-electron chi connectivity index (χ1n) is 2.79. The van der Waals surface area contributed by atoms with Gasteiger partial charge in [-0.25, -0.2) is 4.98 Å². The van der Waals surface area contributed by atoms with Crippen LogP contribution in [0.2, 0.25) is 5.15 Å². The van der Waals surface area contributed by atoms with Crippen LogP contribution in [0.1, 0.15) is 11.3 Å². The van der Waals surface area contributed by atoms with E-state index in [9.17, 15) is 0 Å². The summed E-state index contributed by atoms with van der Waals surface area (Å²) in [6, 6.07) is 3.83. The molecule has 0 saturated carbocycles. The van der Waals surface area contributed by atoms with E-state index >= 15 is 0 Å². The second kappa shape index (κ2) is 2.36. The molecule has 0 aromatic carbocycles. The van der Waals surface area contributed by atoms with E-state index in [0.29, 0.717) is 5.15 Å². The molecule has 0 N–H and O–H groups in total. The van der Waals surface area contributed by atoms with Gasteiger partial charge in [-0.15, -0.1) is 0 Å². The molecule has 0 fully saturated rings. The summed E-state index contributed by atoms with van der Waals surface area (Å²) in [5, 5.41) is 0.576. The van der Waals surface area contributed by atoms with Gasteiger partial charge in [0.15, 0.2) is 0 Å². The minimum absolute atomic E-state index is 0.576. The Morgan fingerprint density at radius 2 is 2.00 bits per heavy atom. The van der Waals surface area contributed by atoms with Gasteiger partial charge in [-0.3, -0.25) is 0 Å². The van der Waals surface area contributed by atoms with Crippen LogP contribution < -0.4 is 0 Å². The van der Waals surface area contributed by atoms with Crippen LogP contribution in [0.5, 0.6) is 0 Å². The van der Waals surface area contributed by atoms with Gasteiger partial charge in [-0.05, 0) is 31.5 Å². The molecular formula is C7H8ClN. The molecule has 0 saturated heterocycles. The van der Waals surface area contributed by atoms with E-state index in [1.165, 1.54) is 0 Å². The molecule has 1 aromatic rings. The van der Waals surface area contributed by atoms with Gasteiger partial charge in [-0.1, -0.05) is 11.6 Å². The Kier molecular flexibility index (Phi) is 1.72. The average Bonchev–Trinajstić information content (AvgIpc) is 1.59. The quantitative estimate of drug-likeness (QED) is 0.508. The highest BCUT2D eigenvalue weighted by Crippen LogP contribution is 2.08. The summed E-state index contributed by atoms with van der Waals surface area (Å²) < 4.78 is 0. The highest BCUT2D eigenvalue weighted by Gasteiger charge is 1.90. The van der Waals surface area contributed by atoms with Crippen molar-refractivity contribution in [2.24, 2.45) is 0 Å². The van der Waals surface area contributed by atoms with E-state index in [4.69, 9.17) is 11.6 Å². The standard InChI is InChI=1S/C7H8ClN/c1-5-3-6(2)9-7(8)4-5/h3-4H,1-2H3/i7+1,9+1. The van der Waals surface area contributed by atoms with Crippen molar-refractivity contribution in [2.75, 3.05) is 0 Å². The molecule has 0 atom stereocenters. The molecule has 0 amide bonds. The molecule has 1 nitrogen and oxygen atoms in total. The number of nitrogens with zero attached hydrogens (tertiary/aromatic N) is 1. The van der Waals surface area contributed by atoms with Crippen molar-refractivity contribution in [3.63, 3.8) is 0 Å². The molecule has 48 valence electrons. The topological polar surface area (TPSA) is 12.9 Å². The lowest BCUT2D eigenvalue weighted by Crippen LogP contribution is -1.82. The van der Waals surface area contributed by atoms with Gasteiger partial charge in [-0.2, -0.15) is 0 Å². The largest absolute Gasteiger partial charge is 0.241 e. The molecule has 9 heavy (non-hydrogen) atoms. The predicted molar refractivity (Wildman–Crippen MR) is 38.7 cm³/mol. The van der Waals surface area contributed by atoms with Crippen LogP contribution in [-0.2, 0) is 0 Å². The van der Waals surface area contributed by atoms with Crippen LogP contribution in [0.25, 0.3) is 0 Å². The minimum atomic E-state index is 0.576. The van der Waals surface area contributed by atoms with Crippen molar-refractivity contribution in [1.82, 2.24) is 4.98 Å². The van der Waals surface area contributed by atoms with Crippen LogP contribution in [-0.4, -0.2) is 4.98 Å². The molecule has 0 aliphatic rings. The van der Waals surface area contributed by atoms with E-state index in [2.05, 4.69) is 4.98 Å². The molecule has 0 bridgehead atoms. The van der Waals surface area contributed by atoms with Gasteiger partial charge in [0.05, 0.1) is 0 Å². The normalized spacial score (nSPS) is 9.67. The second-order valence-corrected chi connectivity index (χ2v) is 2.50. The molecule has 0 aliphatic heterocycles. The summed E-state index contributed by atoms with van der Waals surface area (Å²) >= 11 is 5.64. The number of halogens is 1. The fourth-order valence-corrected chi connectivity index (χ4v) is 1.10. The van der Waals surface area contributed by atoms with E-state index in [1.807, 2.05) is 26.0 Å². The van der Waals surface area contributed by atoms with Crippen LogP contribution in [0.15, 0.2) is 12.1 Å². The van der Waals surface area contributed by atoms with E-state index < -0.39 is 0 Å². The number of hydrogen-bond donors (Lipinski definition) is 0. The van der Waals surface area contributed by atoms with Crippen LogP contribution in [0.4, 0.5) is 0 Å². The maximum Gasteiger partial charge on any atom is 0.129 e. The minimum Gasteiger partial charge on any atom is -0.241 e. The summed E-state index contributed by atoms with van der Waals surface area (Å²) in [5.41, 5.74) is 2.13. The third-order valence-corrected chi connectivity index (χ3v) is 1.26. The summed E-state index contributed by atoms with van der Waals surface area (Å²) in [6.45, 7) is 3.93. The first kappa shape index (κ1) is 6.56. The maximum absolute atomic E-state index is 5.64. The molecular weight excluding hydrogens is 136 g/mol.